The van der Waals surface area contributed by atoms with E-state index in [1.165, 1.54) is 42.4 Å². The third-order valence-electron chi connectivity index (χ3n) is 6.77. The summed E-state index contributed by atoms with van der Waals surface area (Å²) in [5.41, 5.74) is 8.13. The first-order chi connectivity index (χ1) is 17.2. The lowest BCUT2D eigenvalue weighted by Gasteiger charge is -2.33. The average Bonchev–Trinajstić information content (AvgIpc) is 3.26. The van der Waals surface area contributed by atoms with Crippen molar-refractivity contribution in [1.29, 1.82) is 0 Å². The molecule has 0 N–H and O–H groups in total. The molecule has 0 saturated heterocycles. The highest BCUT2D eigenvalue weighted by molar-refractivity contribution is 7.26. The molecular formula is C32H23NOS. The summed E-state index contributed by atoms with van der Waals surface area (Å²) in [6.07, 6.45) is 0. The molecule has 7 rings (SSSR count). The predicted octanol–water partition coefficient (Wildman–Crippen LogP) is 9.91. The normalized spacial score (nSPS) is 12.5. The van der Waals surface area contributed by atoms with Gasteiger partial charge in [0.2, 0.25) is 0 Å². The van der Waals surface area contributed by atoms with Gasteiger partial charge in [-0.25, -0.2) is 0 Å². The molecule has 0 fully saturated rings. The van der Waals surface area contributed by atoms with Crippen molar-refractivity contribution >= 4 is 48.6 Å². The zero-order valence-corrected chi connectivity index (χ0v) is 20.4. The van der Waals surface area contributed by atoms with Crippen LogP contribution in [0.25, 0.3) is 31.3 Å². The molecule has 1 aliphatic heterocycles. The van der Waals surface area contributed by atoms with E-state index in [0.29, 0.717) is 0 Å². The summed E-state index contributed by atoms with van der Waals surface area (Å²) < 4.78 is 8.99. The summed E-state index contributed by atoms with van der Waals surface area (Å²) in [6.45, 7) is 4.20. The summed E-state index contributed by atoms with van der Waals surface area (Å²) >= 11 is 1.87. The monoisotopic (exact) mass is 469 g/mol. The minimum atomic E-state index is 0.891. The number of ether oxygens (including phenoxy) is 1. The number of hydrogen-bond acceptors (Lipinski definition) is 3. The van der Waals surface area contributed by atoms with Gasteiger partial charge in [0.15, 0.2) is 11.5 Å². The molecule has 0 saturated carbocycles. The molecule has 0 bridgehead atoms. The maximum atomic E-state index is 6.32. The van der Waals surface area contributed by atoms with Gasteiger partial charge in [-0.05, 0) is 78.6 Å². The number of anilines is 3. The zero-order valence-electron chi connectivity index (χ0n) is 19.6. The Labute approximate surface area is 208 Å². The van der Waals surface area contributed by atoms with Crippen molar-refractivity contribution in [2.45, 2.75) is 13.8 Å². The Bertz CT molecular complexity index is 1690. The molecule has 0 radical (unpaired) electrons. The van der Waals surface area contributed by atoms with Crippen LogP contribution in [0.5, 0.6) is 11.5 Å². The van der Waals surface area contributed by atoms with Crippen LogP contribution in [0.2, 0.25) is 0 Å². The number of benzene rings is 5. The third kappa shape index (κ3) is 3.23. The largest absolute Gasteiger partial charge is 0.453 e. The van der Waals surface area contributed by atoms with Crippen LogP contribution in [0.15, 0.2) is 103 Å². The van der Waals surface area contributed by atoms with E-state index in [9.17, 15) is 0 Å². The maximum Gasteiger partial charge on any atom is 0.151 e. The number of thiophene rings is 1. The Morgan fingerprint density at radius 3 is 2.00 bits per heavy atom. The van der Waals surface area contributed by atoms with Crippen LogP contribution in [0.4, 0.5) is 17.1 Å². The lowest BCUT2D eigenvalue weighted by molar-refractivity contribution is 0.476. The van der Waals surface area contributed by atoms with Crippen LogP contribution in [-0.4, -0.2) is 0 Å². The molecule has 0 aliphatic carbocycles. The van der Waals surface area contributed by atoms with E-state index in [0.717, 1.165) is 28.6 Å². The second kappa shape index (κ2) is 7.72. The molecular weight excluding hydrogens is 446 g/mol. The second-order valence-electron chi connectivity index (χ2n) is 9.21. The maximum absolute atomic E-state index is 6.32. The predicted molar refractivity (Wildman–Crippen MR) is 149 cm³/mol. The number of rotatable bonds is 2. The van der Waals surface area contributed by atoms with Gasteiger partial charge in [-0.2, -0.15) is 0 Å². The van der Waals surface area contributed by atoms with Gasteiger partial charge in [0.05, 0.1) is 11.4 Å². The molecule has 0 amide bonds. The van der Waals surface area contributed by atoms with Crippen LogP contribution in [0.3, 0.4) is 0 Å². The Kier molecular flexibility index (Phi) is 4.48. The standard InChI is InChI=1S/C32H23NOS/c1-20-10-16-27-29(18-20)34-30-19-21(2)11-17-28(30)33(27)23-14-12-22(13-15-23)24-7-5-8-26-25-6-3-4-9-31(25)35-32(24)26/h3-19H,1-2H3. The third-order valence-corrected chi connectivity index (χ3v) is 7.99. The molecule has 0 spiro atoms. The Morgan fingerprint density at radius 2 is 1.29 bits per heavy atom. The summed E-state index contributed by atoms with van der Waals surface area (Å²) in [5, 5.41) is 2.66. The van der Waals surface area contributed by atoms with Crippen molar-refractivity contribution in [2.75, 3.05) is 4.90 Å². The number of fused-ring (bicyclic) bond motifs is 5. The van der Waals surface area contributed by atoms with Crippen LogP contribution in [-0.2, 0) is 0 Å². The molecule has 168 valence electrons. The molecule has 5 aromatic carbocycles. The van der Waals surface area contributed by atoms with E-state index >= 15 is 0 Å². The summed E-state index contributed by atoms with van der Waals surface area (Å²) in [5.74, 6) is 1.78. The fraction of sp³-hybridized carbons (Fsp3) is 0.0625. The molecule has 1 aromatic heterocycles. The van der Waals surface area contributed by atoms with Crippen LogP contribution < -0.4 is 9.64 Å². The quantitative estimate of drug-likeness (QED) is 0.250. The van der Waals surface area contributed by atoms with Gasteiger partial charge >= 0.3 is 0 Å². The van der Waals surface area contributed by atoms with Gasteiger partial charge in [0.1, 0.15) is 0 Å². The minimum Gasteiger partial charge on any atom is -0.453 e. The van der Waals surface area contributed by atoms with Crippen LogP contribution >= 0.6 is 11.3 Å². The van der Waals surface area contributed by atoms with Crippen molar-refractivity contribution in [2.24, 2.45) is 0 Å². The Hall–Kier alpha value is -4.08. The summed E-state index contributed by atoms with van der Waals surface area (Å²) in [6, 6.07) is 37.1. The highest BCUT2D eigenvalue weighted by Crippen LogP contribution is 2.51. The van der Waals surface area contributed by atoms with Gasteiger partial charge < -0.3 is 9.64 Å². The highest BCUT2D eigenvalue weighted by Gasteiger charge is 2.26. The van der Waals surface area contributed by atoms with E-state index in [1.54, 1.807) is 0 Å². The van der Waals surface area contributed by atoms with E-state index in [-0.39, 0.29) is 0 Å². The molecule has 1 aliphatic rings. The lowest BCUT2D eigenvalue weighted by Crippen LogP contribution is -2.16. The topological polar surface area (TPSA) is 12.5 Å². The molecule has 3 heteroatoms. The van der Waals surface area contributed by atoms with Crippen molar-refractivity contribution in [3.8, 4) is 22.6 Å². The number of aryl methyl sites for hydroxylation is 2. The second-order valence-corrected chi connectivity index (χ2v) is 10.3. The first-order valence-corrected chi connectivity index (χ1v) is 12.7. The fourth-order valence-corrected chi connectivity index (χ4v) is 6.30. The van der Waals surface area contributed by atoms with Crippen LogP contribution in [0.1, 0.15) is 11.1 Å². The van der Waals surface area contributed by atoms with Crippen molar-refractivity contribution < 1.29 is 4.74 Å². The van der Waals surface area contributed by atoms with Gasteiger partial charge in [-0.3, -0.25) is 0 Å². The van der Waals surface area contributed by atoms with Crippen molar-refractivity contribution in [3.63, 3.8) is 0 Å². The molecule has 6 aromatic rings. The van der Waals surface area contributed by atoms with Gasteiger partial charge in [-0.15, -0.1) is 11.3 Å². The first kappa shape index (κ1) is 20.3. The van der Waals surface area contributed by atoms with Crippen molar-refractivity contribution in [3.05, 3.63) is 114 Å². The highest BCUT2D eigenvalue weighted by atomic mass is 32.1. The SMILES string of the molecule is Cc1ccc2c(c1)Oc1cc(C)ccc1N2c1ccc(-c2cccc3c2sc2ccccc23)cc1. The molecule has 0 unspecified atom stereocenters. The van der Waals surface area contributed by atoms with Crippen molar-refractivity contribution in [1.82, 2.24) is 0 Å². The molecule has 0 atom stereocenters. The Balaban J connectivity index is 1.36. The van der Waals surface area contributed by atoms with E-state index in [4.69, 9.17) is 4.74 Å². The molecule has 2 nitrogen and oxygen atoms in total. The lowest BCUT2D eigenvalue weighted by atomic mass is 10.0. The number of hydrogen-bond donors (Lipinski definition) is 0. The van der Waals surface area contributed by atoms with E-state index < -0.39 is 0 Å². The summed E-state index contributed by atoms with van der Waals surface area (Å²) in [7, 11) is 0. The minimum absolute atomic E-state index is 0.891. The average molecular weight is 470 g/mol. The van der Waals surface area contributed by atoms with E-state index in [1.807, 2.05) is 11.3 Å². The van der Waals surface area contributed by atoms with Gasteiger partial charge in [0.25, 0.3) is 0 Å². The smallest absolute Gasteiger partial charge is 0.151 e. The number of nitrogens with zero attached hydrogens (tertiary/aromatic N) is 1. The first-order valence-electron chi connectivity index (χ1n) is 11.9. The Morgan fingerprint density at radius 1 is 0.629 bits per heavy atom. The van der Waals surface area contributed by atoms with Gasteiger partial charge in [-0.1, -0.05) is 60.7 Å². The zero-order chi connectivity index (χ0) is 23.5. The summed E-state index contributed by atoms with van der Waals surface area (Å²) in [4.78, 5) is 2.30. The van der Waals surface area contributed by atoms with E-state index in [2.05, 4.69) is 122 Å². The van der Waals surface area contributed by atoms with Gasteiger partial charge in [0, 0.05) is 25.9 Å². The molecule has 2 heterocycles. The van der Waals surface area contributed by atoms with Crippen LogP contribution in [0, 0.1) is 13.8 Å². The molecule has 35 heavy (non-hydrogen) atoms. The fourth-order valence-electron chi connectivity index (χ4n) is 5.07.